The normalized spacial score (nSPS) is 18.8. The summed E-state index contributed by atoms with van der Waals surface area (Å²) in [6.07, 6.45) is 2.44. The molecule has 1 fully saturated rings. The average molecular weight is 268 g/mol. The van der Waals surface area contributed by atoms with Gasteiger partial charge in [0.25, 0.3) is 0 Å². The zero-order chi connectivity index (χ0) is 13.8. The Labute approximate surface area is 119 Å². The van der Waals surface area contributed by atoms with Gasteiger partial charge in [-0.05, 0) is 50.6 Å². The topological polar surface area (TPSA) is 49.8 Å². The maximum Gasteiger partial charge on any atom is 0.131 e. The zero-order valence-corrected chi connectivity index (χ0v) is 11.8. The van der Waals surface area contributed by atoms with E-state index in [9.17, 15) is 0 Å². The first kappa shape index (κ1) is 13.1. The van der Waals surface area contributed by atoms with Crippen molar-refractivity contribution in [3.05, 3.63) is 47.8 Å². The molecule has 0 saturated carbocycles. The SMILES string of the molecule is Cc1cccc(Nc2cccc(C3CCCNC3)n2)n1. The number of pyridine rings is 2. The smallest absolute Gasteiger partial charge is 0.131 e. The average Bonchev–Trinajstić information content (AvgIpc) is 2.48. The largest absolute Gasteiger partial charge is 0.325 e. The van der Waals surface area contributed by atoms with Crippen LogP contribution >= 0.6 is 0 Å². The van der Waals surface area contributed by atoms with Gasteiger partial charge in [-0.15, -0.1) is 0 Å². The maximum atomic E-state index is 4.73. The van der Waals surface area contributed by atoms with E-state index in [2.05, 4.69) is 27.8 Å². The van der Waals surface area contributed by atoms with Crippen molar-refractivity contribution < 1.29 is 0 Å². The third-order valence-corrected chi connectivity index (χ3v) is 3.63. The second-order valence-corrected chi connectivity index (χ2v) is 5.28. The molecular weight excluding hydrogens is 248 g/mol. The second kappa shape index (κ2) is 6.01. The molecule has 1 unspecified atom stereocenters. The van der Waals surface area contributed by atoms with Gasteiger partial charge in [0.15, 0.2) is 0 Å². The highest BCUT2D eigenvalue weighted by Crippen LogP contribution is 2.23. The maximum absolute atomic E-state index is 4.73. The van der Waals surface area contributed by atoms with Crippen LogP contribution in [0.25, 0.3) is 0 Å². The molecule has 0 spiro atoms. The van der Waals surface area contributed by atoms with Gasteiger partial charge in [-0.3, -0.25) is 0 Å². The Bertz CT molecular complexity index is 576. The monoisotopic (exact) mass is 268 g/mol. The Morgan fingerprint density at radius 1 is 1.10 bits per heavy atom. The Morgan fingerprint density at radius 3 is 2.65 bits per heavy atom. The number of hydrogen-bond acceptors (Lipinski definition) is 4. The molecule has 1 saturated heterocycles. The van der Waals surface area contributed by atoms with Gasteiger partial charge in [0.2, 0.25) is 0 Å². The molecule has 2 aromatic heterocycles. The van der Waals surface area contributed by atoms with E-state index in [4.69, 9.17) is 4.98 Å². The molecule has 0 amide bonds. The van der Waals surface area contributed by atoms with Crippen LogP contribution in [0.5, 0.6) is 0 Å². The summed E-state index contributed by atoms with van der Waals surface area (Å²) in [5, 5.41) is 6.72. The summed E-state index contributed by atoms with van der Waals surface area (Å²) in [5.41, 5.74) is 2.16. The zero-order valence-electron chi connectivity index (χ0n) is 11.8. The molecule has 0 aliphatic carbocycles. The predicted molar refractivity (Wildman–Crippen MR) is 81.3 cm³/mol. The Hall–Kier alpha value is -1.94. The van der Waals surface area contributed by atoms with Crippen LogP contribution in [0.1, 0.15) is 30.1 Å². The molecule has 4 heteroatoms. The van der Waals surface area contributed by atoms with E-state index in [0.717, 1.165) is 36.1 Å². The Balaban J connectivity index is 1.77. The second-order valence-electron chi connectivity index (χ2n) is 5.28. The molecule has 0 bridgehead atoms. The Morgan fingerprint density at radius 2 is 1.90 bits per heavy atom. The number of rotatable bonds is 3. The van der Waals surface area contributed by atoms with Gasteiger partial charge < -0.3 is 10.6 Å². The van der Waals surface area contributed by atoms with Crippen LogP contribution in [-0.4, -0.2) is 23.1 Å². The van der Waals surface area contributed by atoms with E-state index in [1.165, 1.54) is 12.8 Å². The number of aromatic nitrogens is 2. The standard InChI is InChI=1S/C16H20N4/c1-12-5-2-8-15(18-12)20-16-9-3-7-14(19-16)13-6-4-10-17-11-13/h2-3,5,7-9,13,17H,4,6,10-11H2,1H3,(H,18,19,20). The van der Waals surface area contributed by atoms with E-state index >= 15 is 0 Å². The van der Waals surface area contributed by atoms with Crippen LogP contribution in [0.4, 0.5) is 11.6 Å². The van der Waals surface area contributed by atoms with Crippen molar-refractivity contribution in [3.8, 4) is 0 Å². The van der Waals surface area contributed by atoms with Crippen LogP contribution in [0.15, 0.2) is 36.4 Å². The number of nitrogens with one attached hydrogen (secondary N) is 2. The van der Waals surface area contributed by atoms with Gasteiger partial charge in [-0.2, -0.15) is 0 Å². The van der Waals surface area contributed by atoms with Crippen molar-refractivity contribution in [1.82, 2.24) is 15.3 Å². The fourth-order valence-electron chi connectivity index (χ4n) is 2.60. The van der Waals surface area contributed by atoms with Crippen molar-refractivity contribution >= 4 is 11.6 Å². The number of nitrogens with zero attached hydrogens (tertiary/aromatic N) is 2. The first-order valence-electron chi connectivity index (χ1n) is 7.19. The lowest BCUT2D eigenvalue weighted by atomic mass is 9.96. The highest BCUT2D eigenvalue weighted by atomic mass is 15.1. The van der Waals surface area contributed by atoms with Crippen LogP contribution in [0.3, 0.4) is 0 Å². The quantitative estimate of drug-likeness (QED) is 0.898. The van der Waals surface area contributed by atoms with Crippen LogP contribution < -0.4 is 10.6 Å². The molecule has 1 aliphatic heterocycles. The van der Waals surface area contributed by atoms with Gasteiger partial charge >= 0.3 is 0 Å². The minimum absolute atomic E-state index is 0.524. The first-order valence-corrected chi connectivity index (χ1v) is 7.19. The van der Waals surface area contributed by atoms with Crippen molar-refractivity contribution in [3.63, 3.8) is 0 Å². The summed E-state index contributed by atoms with van der Waals surface area (Å²) < 4.78 is 0. The third kappa shape index (κ3) is 3.14. The van der Waals surface area contributed by atoms with Crippen molar-refractivity contribution in [2.45, 2.75) is 25.7 Å². The van der Waals surface area contributed by atoms with E-state index in [0.29, 0.717) is 5.92 Å². The minimum Gasteiger partial charge on any atom is -0.325 e. The highest BCUT2D eigenvalue weighted by molar-refractivity contribution is 5.51. The molecule has 3 heterocycles. The summed E-state index contributed by atoms with van der Waals surface area (Å²) >= 11 is 0. The highest BCUT2D eigenvalue weighted by Gasteiger charge is 2.16. The van der Waals surface area contributed by atoms with Crippen LogP contribution in [0.2, 0.25) is 0 Å². The first-order chi connectivity index (χ1) is 9.81. The Kier molecular flexibility index (Phi) is 3.92. The van der Waals surface area contributed by atoms with Gasteiger partial charge in [-0.1, -0.05) is 12.1 Å². The van der Waals surface area contributed by atoms with Gasteiger partial charge in [0.05, 0.1) is 0 Å². The van der Waals surface area contributed by atoms with Crippen LogP contribution in [-0.2, 0) is 0 Å². The lowest BCUT2D eigenvalue weighted by Crippen LogP contribution is -2.28. The minimum atomic E-state index is 0.524. The molecule has 0 radical (unpaired) electrons. The van der Waals surface area contributed by atoms with E-state index in [1.807, 2.05) is 31.2 Å². The third-order valence-electron chi connectivity index (χ3n) is 3.63. The van der Waals surface area contributed by atoms with Gasteiger partial charge in [-0.25, -0.2) is 9.97 Å². The summed E-state index contributed by atoms with van der Waals surface area (Å²) in [5.74, 6) is 2.23. The molecule has 4 nitrogen and oxygen atoms in total. The molecule has 104 valence electrons. The molecule has 0 aromatic carbocycles. The van der Waals surface area contributed by atoms with E-state index in [-0.39, 0.29) is 0 Å². The lowest BCUT2D eigenvalue weighted by Gasteiger charge is -2.22. The molecule has 3 rings (SSSR count). The molecule has 20 heavy (non-hydrogen) atoms. The number of hydrogen-bond donors (Lipinski definition) is 2. The van der Waals surface area contributed by atoms with Crippen molar-refractivity contribution in [2.24, 2.45) is 0 Å². The number of anilines is 2. The molecule has 1 aliphatic rings. The van der Waals surface area contributed by atoms with Crippen molar-refractivity contribution in [1.29, 1.82) is 0 Å². The molecule has 2 aromatic rings. The summed E-state index contributed by atoms with van der Waals surface area (Å²) in [4.78, 5) is 9.18. The van der Waals surface area contributed by atoms with Crippen molar-refractivity contribution in [2.75, 3.05) is 18.4 Å². The molecule has 1 atom stereocenters. The lowest BCUT2D eigenvalue weighted by molar-refractivity contribution is 0.455. The van der Waals surface area contributed by atoms with Crippen LogP contribution in [0, 0.1) is 6.92 Å². The number of aryl methyl sites for hydroxylation is 1. The molecule has 2 N–H and O–H groups in total. The summed E-state index contributed by atoms with van der Waals surface area (Å²) in [6, 6.07) is 12.1. The van der Waals surface area contributed by atoms with E-state index in [1.54, 1.807) is 0 Å². The number of piperidine rings is 1. The predicted octanol–water partition coefficient (Wildman–Crippen LogP) is 3.00. The fourth-order valence-corrected chi connectivity index (χ4v) is 2.60. The van der Waals surface area contributed by atoms with Gasteiger partial charge in [0, 0.05) is 23.9 Å². The van der Waals surface area contributed by atoms with Gasteiger partial charge in [0.1, 0.15) is 11.6 Å². The summed E-state index contributed by atoms with van der Waals surface area (Å²) in [7, 11) is 0. The van der Waals surface area contributed by atoms with E-state index < -0.39 is 0 Å². The fraction of sp³-hybridized carbons (Fsp3) is 0.375. The molecular formula is C16H20N4. The summed E-state index contributed by atoms with van der Waals surface area (Å²) in [6.45, 7) is 4.14.